The maximum atomic E-state index is 4.88. The van der Waals surface area contributed by atoms with Crippen LogP contribution in [0.4, 0.5) is 0 Å². The Bertz CT molecular complexity index is 1240. The van der Waals surface area contributed by atoms with Gasteiger partial charge in [-0.3, -0.25) is 0 Å². The highest BCUT2D eigenvalue weighted by Gasteiger charge is 2.18. The van der Waals surface area contributed by atoms with Crippen LogP contribution in [-0.2, 0) is 19.5 Å². The van der Waals surface area contributed by atoms with E-state index in [1.807, 2.05) is 12.1 Å². The van der Waals surface area contributed by atoms with Crippen molar-refractivity contribution in [2.75, 3.05) is 0 Å². The zero-order chi connectivity index (χ0) is 21.0. The molecule has 0 aliphatic heterocycles. The number of imidazole rings is 1. The molecule has 5 rings (SSSR count). The van der Waals surface area contributed by atoms with Crippen molar-refractivity contribution in [3.63, 3.8) is 0 Å². The molecule has 0 aliphatic carbocycles. The van der Waals surface area contributed by atoms with Crippen LogP contribution in [0.2, 0.25) is 0 Å². The molecule has 3 aromatic heterocycles. The summed E-state index contributed by atoms with van der Waals surface area (Å²) in [6.07, 6.45) is 7.75. The van der Waals surface area contributed by atoms with Gasteiger partial charge in [-0.05, 0) is 30.7 Å². The Morgan fingerprint density at radius 3 is 2.13 bits per heavy atom. The molecule has 3 heterocycles. The van der Waals surface area contributed by atoms with Gasteiger partial charge >= 0.3 is 0 Å². The predicted octanol–water partition coefficient (Wildman–Crippen LogP) is 5.31. The van der Waals surface area contributed by atoms with Gasteiger partial charge in [-0.25, -0.2) is 19.1 Å². The number of para-hydroxylation sites is 2. The largest absolute Gasteiger partial charge is 0.257 e. The molecule has 0 fully saturated rings. The fourth-order valence-corrected chi connectivity index (χ4v) is 4.15. The molecule has 5 aromatic rings. The minimum atomic E-state index is 0.780. The first kappa shape index (κ1) is 19.4. The van der Waals surface area contributed by atoms with Crippen LogP contribution >= 0.6 is 0 Å². The van der Waals surface area contributed by atoms with Crippen LogP contribution in [0.5, 0.6) is 0 Å². The van der Waals surface area contributed by atoms with Crippen LogP contribution in [-0.4, -0.2) is 14.5 Å². The van der Waals surface area contributed by atoms with E-state index in [4.69, 9.17) is 9.97 Å². The SMILES string of the molecule is CCCCc1n(Cc2ccc3ccccc3n2)cc[n+]1Cc1ccc2ccccc2n1. The van der Waals surface area contributed by atoms with Crippen LogP contribution in [0.3, 0.4) is 0 Å². The Labute approximate surface area is 182 Å². The fourth-order valence-electron chi connectivity index (χ4n) is 4.15. The van der Waals surface area contributed by atoms with Crippen molar-refractivity contribution in [3.05, 3.63) is 102 Å². The Kier molecular flexibility index (Phi) is 5.44. The van der Waals surface area contributed by atoms with Gasteiger partial charge in [0.05, 0.1) is 22.4 Å². The number of unbranched alkanes of at least 4 members (excludes halogenated alkanes) is 1. The molecule has 0 saturated carbocycles. The predicted molar refractivity (Wildman–Crippen MR) is 125 cm³/mol. The van der Waals surface area contributed by atoms with E-state index in [0.717, 1.165) is 41.9 Å². The molecule has 0 radical (unpaired) electrons. The van der Waals surface area contributed by atoms with E-state index in [-0.39, 0.29) is 0 Å². The number of hydrogen-bond donors (Lipinski definition) is 0. The lowest BCUT2D eigenvalue weighted by atomic mass is 10.2. The second-order valence-electron chi connectivity index (χ2n) is 8.06. The van der Waals surface area contributed by atoms with Crippen molar-refractivity contribution in [3.8, 4) is 0 Å². The standard InChI is InChI=1S/C27H27N4/c1-2-3-12-27-30(19-23-15-13-21-8-4-6-10-25(21)28-23)17-18-31(27)20-24-16-14-22-9-5-7-11-26(22)29-24/h4-11,13-18H,2-3,12,19-20H2,1H3/q+1. The van der Waals surface area contributed by atoms with Gasteiger partial charge in [-0.2, -0.15) is 0 Å². The van der Waals surface area contributed by atoms with Gasteiger partial charge in [-0.1, -0.05) is 61.9 Å². The second kappa shape index (κ2) is 8.68. The third kappa shape index (κ3) is 4.19. The molecule has 0 saturated heterocycles. The molecule has 154 valence electrons. The average molecular weight is 408 g/mol. The van der Waals surface area contributed by atoms with Crippen molar-refractivity contribution in [2.45, 2.75) is 39.3 Å². The number of fused-ring (bicyclic) bond motifs is 2. The Balaban J connectivity index is 1.44. The molecule has 0 N–H and O–H groups in total. The molecular weight excluding hydrogens is 380 g/mol. The van der Waals surface area contributed by atoms with Gasteiger partial charge in [0.2, 0.25) is 0 Å². The van der Waals surface area contributed by atoms with Crippen molar-refractivity contribution >= 4 is 21.8 Å². The van der Waals surface area contributed by atoms with Crippen LogP contribution in [0.1, 0.15) is 37.0 Å². The molecule has 31 heavy (non-hydrogen) atoms. The first-order valence-electron chi connectivity index (χ1n) is 11.1. The van der Waals surface area contributed by atoms with E-state index in [2.05, 4.69) is 89.1 Å². The number of hydrogen-bond acceptors (Lipinski definition) is 2. The molecule has 0 amide bonds. The van der Waals surface area contributed by atoms with E-state index in [9.17, 15) is 0 Å². The molecule has 4 nitrogen and oxygen atoms in total. The number of nitrogens with zero attached hydrogens (tertiary/aromatic N) is 4. The summed E-state index contributed by atoms with van der Waals surface area (Å²) >= 11 is 0. The fraction of sp³-hybridized carbons (Fsp3) is 0.222. The zero-order valence-electron chi connectivity index (χ0n) is 17.9. The van der Waals surface area contributed by atoms with Crippen molar-refractivity contribution in [1.29, 1.82) is 0 Å². The molecule has 0 aliphatic rings. The molecule has 0 unspecified atom stereocenters. The van der Waals surface area contributed by atoms with Crippen molar-refractivity contribution in [2.24, 2.45) is 0 Å². The molecule has 0 atom stereocenters. The van der Waals surface area contributed by atoms with E-state index in [0.29, 0.717) is 0 Å². The highest BCUT2D eigenvalue weighted by atomic mass is 15.2. The van der Waals surface area contributed by atoms with E-state index in [1.54, 1.807) is 0 Å². The highest BCUT2D eigenvalue weighted by Crippen LogP contribution is 2.15. The molecular formula is C27H27N4+. The maximum absolute atomic E-state index is 4.88. The van der Waals surface area contributed by atoms with Gasteiger partial charge < -0.3 is 0 Å². The average Bonchev–Trinajstić information content (AvgIpc) is 3.18. The quantitative estimate of drug-likeness (QED) is 0.343. The van der Waals surface area contributed by atoms with Crippen molar-refractivity contribution < 1.29 is 4.57 Å². The maximum Gasteiger partial charge on any atom is 0.257 e. The number of pyridine rings is 2. The summed E-state index contributed by atoms with van der Waals surface area (Å²) in [5.74, 6) is 1.33. The Morgan fingerprint density at radius 2 is 1.42 bits per heavy atom. The first-order valence-corrected chi connectivity index (χ1v) is 11.1. The van der Waals surface area contributed by atoms with E-state index >= 15 is 0 Å². The summed E-state index contributed by atoms with van der Waals surface area (Å²) in [7, 11) is 0. The molecule has 0 spiro atoms. The third-order valence-corrected chi connectivity index (χ3v) is 5.82. The minimum absolute atomic E-state index is 0.780. The van der Waals surface area contributed by atoms with Gasteiger partial charge in [-0.15, -0.1) is 0 Å². The van der Waals surface area contributed by atoms with Gasteiger partial charge in [0.25, 0.3) is 5.82 Å². The Morgan fingerprint density at radius 1 is 0.774 bits per heavy atom. The van der Waals surface area contributed by atoms with Gasteiger partial charge in [0.15, 0.2) is 0 Å². The summed E-state index contributed by atoms with van der Waals surface area (Å²) in [5.41, 5.74) is 4.28. The monoisotopic (exact) mass is 407 g/mol. The minimum Gasteiger partial charge on any atom is -0.249 e. The number of rotatable bonds is 7. The zero-order valence-corrected chi connectivity index (χ0v) is 17.9. The lowest BCUT2D eigenvalue weighted by Gasteiger charge is -2.07. The summed E-state index contributed by atoms with van der Waals surface area (Å²) in [5, 5.41) is 2.37. The third-order valence-electron chi connectivity index (χ3n) is 5.82. The number of aromatic nitrogens is 4. The van der Waals surface area contributed by atoms with Crippen LogP contribution in [0.15, 0.2) is 85.2 Å². The summed E-state index contributed by atoms with van der Waals surface area (Å²) < 4.78 is 4.68. The molecule has 2 aromatic carbocycles. The Hall–Kier alpha value is -3.53. The van der Waals surface area contributed by atoms with Gasteiger partial charge in [0, 0.05) is 17.2 Å². The lowest BCUT2D eigenvalue weighted by molar-refractivity contribution is -0.695. The van der Waals surface area contributed by atoms with Crippen LogP contribution in [0, 0.1) is 0 Å². The summed E-state index contributed by atoms with van der Waals surface area (Å²) in [4.78, 5) is 9.75. The number of benzene rings is 2. The highest BCUT2D eigenvalue weighted by molar-refractivity contribution is 5.79. The van der Waals surface area contributed by atoms with E-state index < -0.39 is 0 Å². The second-order valence-corrected chi connectivity index (χ2v) is 8.06. The normalized spacial score (nSPS) is 11.4. The van der Waals surface area contributed by atoms with Crippen LogP contribution in [0.25, 0.3) is 21.8 Å². The van der Waals surface area contributed by atoms with E-state index in [1.165, 1.54) is 29.4 Å². The molecule has 4 heteroatoms. The molecule has 0 bridgehead atoms. The lowest BCUT2D eigenvalue weighted by Crippen LogP contribution is -2.38. The summed E-state index contributed by atoms with van der Waals surface area (Å²) in [6.45, 7) is 3.80. The van der Waals surface area contributed by atoms with Crippen molar-refractivity contribution in [1.82, 2.24) is 14.5 Å². The summed E-state index contributed by atoms with van der Waals surface area (Å²) in [6, 6.07) is 25.2. The smallest absolute Gasteiger partial charge is 0.249 e. The first-order chi connectivity index (χ1) is 15.3. The van der Waals surface area contributed by atoms with Crippen LogP contribution < -0.4 is 4.57 Å². The van der Waals surface area contributed by atoms with Gasteiger partial charge in [0.1, 0.15) is 25.5 Å². The topological polar surface area (TPSA) is 34.6 Å².